The molecule has 2 aliphatic rings. The molecule has 10 nitrogen and oxygen atoms in total. The average molecular weight is 655 g/mol. The fraction of sp³-hybridized carbons (Fsp3) is 0.100. The number of nitrogens with one attached hydrogen (secondary N) is 2. The topological polar surface area (TPSA) is 148 Å². The standard InChI is InChI=1S/C40H30N8O2/c1-23-29(19-41)37-45-33-7-3-5-9-35(33)47(37)39(49)31(23)21-43-27-15-11-25(12-16-27)26-13-17-28(18-14-26)44-22-32-24(2)30(20-42)38-46-34-8-4-6-10-36(34)48(38)40(32)50/h3-18,21-22,39-40,43-44,49-50H,1-2H3/b31-21-,32-22-/t39-,40-/m1/s1. The van der Waals surface area contributed by atoms with Gasteiger partial charge in [-0.1, -0.05) is 48.5 Å². The normalized spacial score (nSPS) is 18.7. The minimum atomic E-state index is -0.998. The van der Waals surface area contributed by atoms with E-state index in [0.717, 1.165) is 44.6 Å². The van der Waals surface area contributed by atoms with Crippen molar-refractivity contribution >= 4 is 44.6 Å². The van der Waals surface area contributed by atoms with Crippen molar-refractivity contribution < 1.29 is 10.2 Å². The molecular formula is C40H30N8O2. The third-order valence-corrected chi connectivity index (χ3v) is 9.42. The van der Waals surface area contributed by atoms with Crippen LogP contribution >= 0.6 is 0 Å². The van der Waals surface area contributed by atoms with Gasteiger partial charge in [-0.2, -0.15) is 10.5 Å². The first kappa shape index (κ1) is 30.6. The van der Waals surface area contributed by atoms with Gasteiger partial charge in [-0.05, 0) is 84.7 Å². The van der Waals surface area contributed by atoms with Gasteiger partial charge in [0.1, 0.15) is 12.1 Å². The van der Waals surface area contributed by atoms with Crippen molar-refractivity contribution in [3.05, 3.63) is 143 Å². The van der Waals surface area contributed by atoms with Crippen molar-refractivity contribution in [3.8, 4) is 23.3 Å². The number of aliphatic hydroxyl groups is 2. The van der Waals surface area contributed by atoms with Crippen LogP contribution < -0.4 is 10.6 Å². The Balaban J connectivity index is 0.990. The molecule has 0 fully saturated rings. The Morgan fingerprint density at radius 2 is 0.980 bits per heavy atom. The number of nitriles is 2. The number of fused-ring (bicyclic) bond motifs is 6. The number of allylic oxidation sites excluding steroid dienone is 2. The Bertz CT molecular complexity index is 2370. The van der Waals surface area contributed by atoms with E-state index in [9.17, 15) is 20.7 Å². The summed E-state index contributed by atoms with van der Waals surface area (Å²) in [7, 11) is 0. The van der Waals surface area contributed by atoms with E-state index in [-0.39, 0.29) is 0 Å². The van der Waals surface area contributed by atoms with E-state index >= 15 is 0 Å². The van der Waals surface area contributed by atoms with E-state index in [4.69, 9.17) is 0 Å². The van der Waals surface area contributed by atoms with E-state index < -0.39 is 12.5 Å². The highest BCUT2D eigenvalue weighted by Crippen LogP contribution is 2.40. The third-order valence-electron chi connectivity index (χ3n) is 9.42. The zero-order valence-corrected chi connectivity index (χ0v) is 27.1. The molecule has 0 spiro atoms. The van der Waals surface area contributed by atoms with Crippen LogP contribution in [0.1, 0.15) is 38.0 Å². The number of aliphatic hydroxyl groups excluding tert-OH is 2. The van der Waals surface area contributed by atoms with E-state index in [0.29, 0.717) is 45.1 Å². The molecule has 10 heteroatoms. The van der Waals surface area contributed by atoms with Crippen LogP contribution in [0.2, 0.25) is 0 Å². The van der Waals surface area contributed by atoms with Gasteiger partial charge in [0.2, 0.25) is 0 Å². The van der Waals surface area contributed by atoms with Gasteiger partial charge in [-0.15, -0.1) is 0 Å². The Hall–Kier alpha value is -6.72. The summed E-state index contributed by atoms with van der Waals surface area (Å²) >= 11 is 0. The molecule has 50 heavy (non-hydrogen) atoms. The van der Waals surface area contributed by atoms with E-state index in [1.165, 1.54) is 0 Å². The Kier molecular flexibility index (Phi) is 7.38. The highest BCUT2D eigenvalue weighted by atomic mass is 16.3. The lowest BCUT2D eigenvalue weighted by Gasteiger charge is -2.26. The molecule has 2 atom stereocenters. The predicted molar refractivity (Wildman–Crippen MR) is 194 cm³/mol. The van der Waals surface area contributed by atoms with Crippen LogP contribution in [0.3, 0.4) is 0 Å². The maximum atomic E-state index is 11.3. The molecule has 0 aliphatic carbocycles. The first-order valence-electron chi connectivity index (χ1n) is 16.0. The first-order chi connectivity index (χ1) is 24.4. The number of rotatable bonds is 5. The summed E-state index contributed by atoms with van der Waals surface area (Å²) in [6, 6.07) is 35.5. The van der Waals surface area contributed by atoms with Crippen LogP contribution in [0.25, 0.3) is 44.3 Å². The number of imidazole rings is 2. The molecule has 4 aromatic carbocycles. The zero-order valence-electron chi connectivity index (χ0n) is 27.1. The van der Waals surface area contributed by atoms with Gasteiger partial charge >= 0.3 is 0 Å². The fourth-order valence-electron chi connectivity index (χ4n) is 6.70. The van der Waals surface area contributed by atoms with Gasteiger partial charge in [-0.25, -0.2) is 9.97 Å². The number of benzene rings is 4. The smallest absolute Gasteiger partial charge is 0.160 e. The van der Waals surface area contributed by atoms with Crippen LogP contribution in [-0.4, -0.2) is 29.3 Å². The van der Waals surface area contributed by atoms with Gasteiger partial charge in [0.15, 0.2) is 24.1 Å². The average Bonchev–Trinajstić information content (AvgIpc) is 3.72. The molecular weight excluding hydrogens is 624 g/mol. The fourth-order valence-corrected chi connectivity index (χ4v) is 6.70. The van der Waals surface area contributed by atoms with Crippen molar-refractivity contribution in [1.29, 1.82) is 10.5 Å². The molecule has 0 saturated carbocycles. The quantitative estimate of drug-likeness (QED) is 0.148. The number of hydrogen-bond acceptors (Lipinski definition) is 8. The van der Waals surface area contributed by atoms with Crippen LogP contribution in [0.4, 0.5) is 11.4 Å². The molecule has 0 unspecified atom stereocenters. The lowest BCUT2D eigenvalue weighted by molar-refractivity contribution is 0.145. The van der Waals surface area contributed by atoms with Crippen molar-refractivity contribution in [2.24, 2.45) is 0 Å². The maximum absolute atomic E-state index is 11.3. The van der Waals surface area contributed by atoms with Crippen LogP contribution in [-0.2, 0) is 0 Å². The summed E-state index contributed by atoms with van der Waals surface area (Å²) in [6.45, 7) is 3.65. The largest absolute Gasteiger partial charge is 0.369 e. The highest BCUT2D eigenvalue weighted by Gasteiger charge is 2.32. The molecule has 4 heterocycles. The Morgan fingerprint density at radius 1 is 0.600 bits per heavy atom. The summed E-state index contributed by atoms with van der Waals surface area (Å²) < 4.78 is 3.39. The molecule has 0 saturated heterocycles. The summed E-state index contributed by atoms with van der Waals surface area (Å²) in [6.07, 6.45) is 1.49. The minimum absolute atomic E-state index is 0.429. The van der Waals surface area contributed by atoms with E-state index in [2.05, 4.69) is 32.7 Å². The lowest BCUT2D eigenvalue weighted by atomic mass is 9.97. The molecule has 4 N–H and O–H groups in total. The summed E-state index contributed by atoms with van der Waals surface area (Å²) in [5.41, 5.74) is 10.0. The molecule has 6 aromatic rings. The molecule has 0 bridgehead atoms. The number of para-hydroxylation sites is 4. The second-order valence-corrected chi connectivity index (χ2v) is 12.2. The second-order valence-electron chi connectivity index (χ2n) is 12.2. The second kappa shape index (κ2) is 12.1. The third kappa shape index (κ3) is 4.87. The van der Waals surface area contributed by atoms with E-state index in [1.54, 1.807) is 21.5 Å². The number of nitrogens with zero attached hydrogens (tertiary/aromatic N) is 6. The van der Waals surface area contributed by atoms with Crippen molar-refractivity contribution in [3.63, 3.8) is 0 Å². The van der Waals surface area contributed by atoms with Crippen molar-refractivity contribution in [1.82, 2.24) is 19.1 Å². The molecule has 2 aromatic heterocycles. The van der Waals surface area contributed by atoms with Gasteiger partial charge in [0, 0.05) is 34.9 Å². The summed E-state index contributed by atoms with van der Waals surface area (Å²) in [4.78, 5) is 9.21. The maximum Gasteiger partial charge on any atom is 0.160 e. The minimum Gasteiger partial charge on any atom is -0.369 e. The SMILES string of the molecule is CC1=C(C#N)c2nc3ccccc3n2[C@H](O)/C1=C\Nc1ccc(-c2ccc(N/C=C3/C(C)=C(C#N)c4nc5ccccc5n4[C@@H]3O)cc2)cc1. The number of hydrogen-bond donors (Lipinski definition) is 4. The van der Waals surface area contributed by atoms with Gasteiger partial charge < -0.3 is 20.8 Å². The molecule has 242 valence electrons. The van der Waals surface area contributed by atoms with Gasteiger partial charge in [-0.3, -0.25) is 9.13 Å². The van der Waals surface area contributed by atoms with Crippen LogP contribution in [0.5, 0.6) is 0 Å². The summed E-state index contributed by atoms with van der Waals surface area (Å²) in [5.74, 6) is 0.929. The molecule has 8 rings (SSSR count). The Morgan fingerprint density at radius 3 is 1.36 bits per heavy atom. The van der Waals surface area contributed by atoms with Crippen LogP contribution in [0, 0.1) is 22.7 Å². The van der Waals surface area contributed by atoms with Crippen LogP contribution in [0.15, 0.2) is 132 Å². The Labute approximate surface area is 287 Å². The first-order valence-corrected chi connectivity index (χ1v) is 16.0. The number of anilines is 2. The monoisotopic (exact) mass is 654 g/mol. The van der Waals surface area contributed by atoms with Crippen molar-refractivity contribution in [2.45, 2.75) is 26.3 Å². The van der Waals surface area contributed by atoms with Crippen molar-refractivity contribution in [2.75, 3.05) is 10.6 Å². The van der Waals surface area contributed by atoms with E-state index in [1.807, 2.05) is 111 Å². The molecule has 2 aliphatic heterocycles. The zero-order chi connectivity index (χ0) is 34.5. The molecule has 0 radical (unpaired) electrons. The summed E-state index contributed by atoms with van der Waals surface area (Å²) in [5, 5.41) is 49.2. The lowest BCUT2D eigenvalue weighted by Crippen LogP contribution is -2.20. The van der Waals surface area contributed by atoms with Gasteiger partial charge in [0.25, 0.3) is 0 Å². The predicted octanol–water partition coefficient (Wildman–Crippen LogP) is 7.65. The number of aromatic nitrogens is 4. The van der Waals surface area contributed by atoms with Gasteiger partial charge in [0.05, 0.1) is 33.2 Å². The molecule has 0 amide bonds. The highest BCUT2D eigenvalue weighted by molar-refractivity contribution is 5.89.